The number of sulfonamides is 1. The van der Waals surface area contributed by atoms with E-state index in [1.165, 1.54) is 22.7 Å². The van der Waals surface area contributed by atoms with Crippen LogP contribution in [0.15, 0.2) is 21.7 Å². The summed E-state index contributed by atoms with van der Waals surface area (Å²) >= 11 is 2.91. The first kappa shape index (κ1) is 15.6. The van der Waals surface area contributed by atoms with Gasteiger partial charge in [-0.05, 0) is 24.9 Å². The molecule has 0 spiro atoms. The quantitative estimate of drug-likeness (QED) is 0.815. The summed E-state index contributed by atoms with van der Waals surface area (Å²) in [5.74, 6) is 0. The molecule has 0 saturated heterocycles. The molecule has 0 aliphatic carbocycles. The third-order valence-corrected chi connectivity index (χ3v) is 6.11. The number of hydrogen-bond acceptors (Lipinski definition) is 6. The van der Waals surface area contributed by atoms with Crippen molar-refractivity contribution in [2.45, 2.75) is 31.8 Å². The molecule has 0 aliphatic heterocycles. The zero-order chi connectivity index (χ0) is 14.6. The minimum Gasteiger partial charge on any atom is -0.312 e. The van der Waals surface area contributed by atoms with Crippen molar-refractivity contribution < 1.29 is 8.42 Å². The molecular formula is C12H17N3O2S3. The van der Waals surface area contributed by atoms with Gasteiger partial charge in [-0.2, -0.15) is 0 Å². The minimum atomic E-state index is -3.48. The second-order valence-corrected chi connectivity index (χ2v) is 7.87. The van der Waals surface area contributed by atoms with Crippen LogP contribution in [0.25, 0.3) is 0 Å². The van der Waals surface area contributed by atoms with Gasteiger partial charge in [0, 0.05) is 22.5 Å². The molecule has 0 amide bonds. The fourth-order valence-electron chi connectivity index (χ4n) is 1.65. The van der Waals surface area contributed by atoms with Crippen LogP contribution in [0.3, 0.4) is 0 Å². The molecule has 2 N–H and O–H groups in total. The molecule has 0 radical (unpaired) electrons. The first-order chi connectivity index (χ1) is 9.53. The number of hydrogen-bond donors (Lipinski definition) is 2. The number of thiazole rings is 1. The van der Waals surface area contributed by atoms with Crippen LogP contribution in [0.5, 0.6) is 0 Å². The van der Waals surface area contributed by atoms with Crippen molar-refractivity contribution in [2.75, 3.05) is 6.54 Å². The van der Waals surface area contributed by atoms with E-state index in [1.54, 1.807) is 11.4 Å². The SMILES string of the molecule is CCNCc1sccc1S(=O)(=O)NCc1nc(C)cs1. The summed E-state index contributed by atoms with van der Waals surface area (Å²) in [6, 6.07) is 1.65. The Hall–Kier alpha value is -0.800. The summed E-state index contributed by atoms with van der Waals surface area (Å²) in [6.45, 7) is 5.49. The van der Waals surface area contributed by atoms with Crippen LogP contribution < -0.4 is 10.0 Å². The summed E-state index contributed by atoms with van der Waals surface area (Å²) in [5, 5.41) is 7.63. The second kappa shape index (κ2) is 6.77. The first-order valence-corrected chi connectivity index (χ1v) is 9.45. The van der Waals surface area contributed by atoms with Gasteiger partial charge in [0.2, 0.25) is 10.0 Å². The van der Waals surface area contributed by atoms with Crippen LogP contribution in [0.1, 0.15) is 22.5 Å². The molecule has 2 rings (SSSR count). The molecule has 0 saturated carbocycles. The van der Waals surface area contributed by atoms with E-state index in [2.05, 4.69) is 15.0 Å². The van der Waals surface area contributed by atoms with Crippen LogP contribution in [-0.2, 0) is 23.1 Å². The maximum absolute atomic E-state index is 12.3. The Balaban J connectivity index is 2.08. The number of nitrogens with one attached hydrogen (secondary N) is 2. The van der Waals surface area contributed by atoms with E-state index >= 15 is 0 Å². The number of thiophene rings is 1. The van der Waals surface area contributed by atoms with Crippen LogP contribution in [0.4, 0.5) is 0 Å². The molecule has 8 heteroatoms. The first-order valence-electron chi connectivity index (χ1n) is 6.20. The predicted molar refractivity (Wildman–Crippen MR) is 82.6 cm³/mol. The van der Waals surface area contributed by atoms with Crippen molar-refractivity contribution in [3.63, 3.8) is 0 Å². The maximum Gasteiger partial charge on any atom is 0.242 e. The number of aromatic nitrogens is 1. The minimum absolute atomic E-state index is 0.233. The Kier molecular flexibility index (Phi) is 5.28. The lowest BCUT2D eigenvalue weighted by atomic mass is 10.4. The van der Waals surface area contributed by atoms with E-state index in [0.29, 0.717) is 11.4 Å². The topological polar surface area (TPSA) is 71.1 Å². The van der Waals surface area contributed by atoms with E-state index in [1.807, 2.05) is 19.2 Å². The lowest BCUT2D eigenvalue weighted by Crippen LogP contribution is -2.24. The van der Waals surface area contributed by atoms with Crippen LogP contribution in [-0.4, -0.2) is 19.9 Å². The smallest absolute Gasteiger partial charge is 0.242 e. The third-order valence-electron chi connectivity index (χ3n) is 2.61. The molecule has 110 valence electrons. The predicted octanol–water partition coefficient (Wildman–Crippen LogP) is 2.10. The van der Waals surface area contributed by atoms with E-state index < -0.39 is 10.0 Å². The van der Waals surface area contributed by atoms with Gasteiger partial charge < -0.3 is 5.32 Å². The highest BCUT2D eigenvalue weighted by Crippen LogP contribution is 2.22. The summed E-state index contributed by atoms with van der Waals surface area (Å²) in [7, 11) is -3.48. The monoisotopic (exact) mass is 331 g/mol. The standard InChI is InChI=1S/C12H17N3O2S3/c1-3-13-6-10-11(4-5-18-10)20(16,17)14-7-12-15-9(2)8-19-12/h4-5,8,13-14H,3,6-7H2,1-2H3. The lowest BCUT2D eigenvalue weighted by Gasteiger charge is -2.07. The van der Waals surface area contributed by atoms with E-state index in [9.17, 15) is 8.42 Å². The van der Waals surface area contributed by atoms with Gasteiger partial charge in [-0.3, -0.25) is 0 Å². The molecule has 0 bridgehead atoms. The molecule has 0 aromatic carbocycles. The lowest BCUT2D eigenvalue weighted by molar-refractivity contribution is 0.579. The van der Waals surface area contributed by atoms with Gasteiger partial charge in [-0.15, -0.1) is 22.7 Å². The van der Waals surface area contributed by atoms with Gasteiger partial charge in [-0.25, -0.2) is 18.1 Å². The van der Waals surface area contributed by atoms with Crippen molar-refractivity contribution in [1.29, 1.82) is 0 Å². The molecule has 5 nitrogen and oxygen atoms in total. The highest BCUT2D eigenvalue weighted by atomic mass is 32.2. The average Bonchev–Trinajstić information content (AvgIpc) is 3.03. The molecule has 2 aromatic rings. The van der Waals surface area contributed by atoms with Crippen molar-refractivity contribution in [2.24, 2.45) is 0 Å². The fraction of sp³-hybridized carbons (Fsp3) is 0.417. The maximum atomic E-state index is 12.3. The largest absolute Gasteiger partial charge is 0.312 e. The zero-order valence-corrected chi connectivity index (χ0v) is 13.8. The Morgan fingerprint density at radius 1 is 1.30 bits per heavy atom. The zero-order valence-electron chi connectivity index (χ0n) is 11.3. The Morgan fingerprint density at radius 3 is 2.75 bits per heavy atom. The fourth-order valence-corrected chi connectivity index (χ4v) is 4.86. The molecule has 0 unspecified atom stereocenters. The Morgan fingerprint density at radius 2 is 2.10 bits per heavy atom. The van der Waals surface area contributed by atoms with Crippen molar-refractivity contribution in [3.8, 4) is 0 Å². The van der Waals surface area contributed by atoms with Crippen molar-refractivity contribution >= 4 is 32.7 Å². The van der Waals surface area contributed by atoms with Gasteiger partial charge >= 0.3 is 0 Å². The van der Waals surface area contributed by atoms with Gasteiger partial charge in [0.15, 0.2) is 0 Å². The van der Waals surface area contributed by atoms with Gasteiger partial charge in [0.05, 0.1) is 11.4 Å². The third kappa shape index (κ3) is 3.86. The highest BCUT2D eigenvalue weighted by Gasteiger charge is 2.19. The number of nitrogens with zero attached hydrogens (tertiary/aromatic N) is 1. The highest BCUT2D eigenvalue weighted by molar-refractivity contribution is 7.89. The summed E-state index contributed by atoms with van der Waals surface area (Å²) < 4.78 is 27.2. The molecular weight excluding hydrogens is 314 g/mol. The van der Waals surface area contributed by atoms with Crippen LogP contribution >= 0.6 is 22.7 Å². The Bertz CT molecular complexity index is 661. The average molecular weight is 331 g/mol. The summed E-state index contributed by atoms with van der Waals surface area (Å²) in [6.07, 6.45) is 0. The molecule has 0 fully saturated rings. The number of rotatable bonds is 7. The normalized spacial score (nSPS) is 11.9. The molecule has 0 aliphatic rings. The molecule has 2 heterocycles. The van der Waals surface area contributed by atoms with E-state index in [4.69, 9.17) is 0 Å². The summed E-state index contributed by atoms with van der Waals surface area (Å²) in [5.41, 5.74) is 0.910. The van der Waals surface area contributed by atoms with E-state index in [-0.39, 0.29) is 6.54 Å². The van der Waals surface area contributed by atoms with Gasteiger partial charge in [-0.1, -0.05) is 6.92 Å². The van der Waals surface area contributed by atoms with E-state index in [0.717, 1.165) is 22.1 Å². The van der Waals surface area contributed by atoms with Crippen molar-refractivity contribution in [1.82, 2.24) is 15.0 Å². The Labute approximate surface area is 127 Å². The van der Waals surface area contributed by atoms with Crippen LogP contribution in [0.2, 0.25) is 0 Å². The van der Waals surface area contributed by atoms with Crippen molar-refractivity contribution in [3.05, 3.63) is 32.4 Å². The second-order valence-electron chi connectivity index (χ2n) is 4.20. The van der Waals surface area contributed by atoms with Gasteiger partial charge in [0.1, 0.15) is 5.01 Å². The number of aryl methyl sites for hydroxylation is 1. The molecule has 2 aromatic heterocycles. The van der Waals surface area contributed by atoms with Crippen LogP contribution in [0, 0.1) is 6.92 Å². The summed E-state index contributed by atoms with van der Waals surface area (Å²) in [4.78, 5) is 5.44. The molecule has 0 atom stereocenters. The molecule has 20 heavy (non-hydrogen) atoms. The van der Waals surface area contributed by atoms with Gasteiger partial charge in [0.25, 0.3) is 0 Å².